The number of anilines is 2. The summed E-state index contributed by atoms with van der Waals surface area (Å²) in [5.41, 5.74) is 2.80. The van der Waals surface area contributed by atoms with Crippen molar-refractivity contribution in [2.45, 2.75) is 6.42 Å². The molecule has 1 aliphatic rings. The minimum Gasteiger partial charge on any atom is -0.325 e. The highest BCUT2D eigenvalue weighted by atomic mass is 19.1. The Morgan fingerprint density at radius 3 is 3.05 bits per heavy atom. The number of aryl methyl sites for hydroxylation is 1. The Hall–Kier alpha value is -2.50. The second kappa shape index (κ2) is 4.00. The standard InChI is InChI=1S/C14H12FN5/c1-19-13-11(7-18-19)14(17-8-16-13)20-5-4-9-2-3-10(15)6-12(9)20/h2-3,6-8H,4-5H2,1H3. The molecule has 0 spiro atoms. The molecular weight excluding hydrogens is 257 g/mol. The molecule has 0 radical (unpaired) electrons. The molecule has 0 saturated heterocycles. The number of benzene rings is 1. The van der Waals surface area contributed by atoms with Gasteiger partial charge in [0.15, 0.2) is 5.65 Å². The van der Waals surface area contributed by atoms with Gasteiger partial charge in [0.1, 0.15) is 18.0 Å². The smallest absolute Gasteiger partial charge is 0.163 e. The molecule has 0 N–H and O–H groups in total. The van der Waals surface area contributed by atoms with Crippen LogP contribution in [0.15, 0.2) is 30.7 Å². The van der Waals surface area contributed by atoms with Crippen LogP contribution in [0.4, 0.5) is 15.9 Å². The first-order valence-corrected chi connectivity index (χ1v) is 6.43. The highest BCUT2D eigenvalue weighted by Gasteiger charge is 2.24. The van der Waals surface area contributed by atoms with E-state index in [2.05, 4.69) is 15.1 Å². The van der Waals surface area contributed by atoms with Crippen molar-refractivity contribution in [3.05, 3.63) is 42.1 Å². The summed E-state index contributed by atoms with van der Waals surface area (Å²) in [6.07, 6.45) is 4.17. The molecule has 0 amide bonds. The Bertz CT molecular complexity index is 810. The van der Waals surface area contributed by atoms with Crippen LogP contribution in [0.1, 0.15) is 5.56 Å². The van der Waals surface area contributed by atoms with Crippen molar-refractivity contribution in [1.29, 1.82) is 0 Å². The molecule has 2 aromatic heterocycles. The zero-order valence-corrected chi connectivity index (χ0v) is 10.9. The Kier molecular flexibility index (Phi) is 2.26. The van der Waals surface area contributed by atoms with Crippen molar-refractivity contribution in [1.82, 2.24) is 19.7 Å². The van der Waals surface area contributed by atoms with E-state index < -0.39 is 0 Å². The van der Waals surface area contributed by atoms with Crippen LogP contribution in [0.25, 0.3) is 11.0 Å². The average molecular weight is 269 g/mol. The maximum atomic E-state index is 13.5. The molecule has 0 saturated carbocycles. The molecule has 0 bridgehead atoms. The second-order valence-electron chi connectivity index (χ2n) is 4.88. The van der Waals surface area contributed by atoms with Gasteiger partial charge in [-0.1, -0.05) is 6.07 Å². The van der Waals surface area contributed by atoms with Gasteiger partial charge in [0, 0.05) is 19.3 Å². The summed E-state index contributed by atoms with van der Waals surface area (Å²) in [5.74, 6) is 0.555. The number of fused-ring (bicyclic) bond motifs is 2. The molecular formula is C14H12FN5. The van der Waals surface area contributed by atoms with E-state index in [1.165, 1.54) is 12.4 Å². The monoisotopic (exact) mass is 269 g/mol. The van der Waals surface area contributed by atoms with Crippen LogP contribution < -0.4 is 4.90 Å². The summed E-state index contributed by atoms with van der Waals surface area (Å²) in [4.78, 5) is 10.6. The Balaban J connectivity index is 1.92. The average Bonchev–Trinajstić information content (AvgIpc) is 3.03. The van der Waals surface area contributed by atoms with E-state index in [1.807, 2.05) is 18.0 Å². The number of nitrogens with zero attached hydrogens (tertiary/aromatic N) is 5. The third-order valence-corrected chi connectivity index (χ3v) is 3.71. The molecule has 20 heavy (non-hydrogen) atoms. The summed E-state index contributed by atoms with van der Waals surface area (Å²) in [6.45, 7) is 0.791. The fourth-order valence-electron chi connectivity index (χ4n) is 2.74. The van der Waals surface area contributed by atoms with Gasteiger partial charge in [-0.2, -0.15) is 5.10 Å². The zero-order valence-electron chi connectivity index (χ0n) is 10.9. The van der Waals surface area contributed by atoms with Gasteiger partial charge in [0.25, 0.3) is 0 Å². The van der Waals surface area contributed by atoms with Crippen molar-refractivity contribution in [3.63, 3.8) is 0 Å². The summed E-state index contributed by atoms with van der Waals surface area (Å²) in [6, 6.07) is 4.90. The number of aromatic nitrogens is 4. The second-order valence-corrected chi connectivity index (χ2v) is 4.88. The lowest BCUT2D eigenvalue weighted by Crippen LogP contribution is -2.15. The molecule has 5 nitrogen and oxygen atoms in total. The highest BCUT2D eigenvalue weighted by molar-refractivity contribution is 5.90. The normalized spacial score (nSPS) is 14.0. The van der Waals surface area contributed by atoms with Crippen molar-refractivity contribution in [3.8, 4) is 0 Å². The van der Waals surface area contributed by atoms with E-state index >= 15 is 0 Å². The van der Waals surface area contributed by atoms with Gasteiger partial charge in [-0.05, 0) is 24.1 Å². The van der Waals surface area contributed by atoms with Crippen LogP contribution in [0.5, 0.6) is 0 Å². The quantitative estimate of drug-likeness (QED) is 0.679. The Morgan fingerprint density at radius 2 is 2.15 bits per heavy atom. The molecule has 0 aliphatic carbocycles. The fourth-order valence-corrected chi connectivity index (χ4v) is 2.74. The largest absolute Gasteiger partial charge is 0.325 e. The maximum Gasteiger partial charge on any atom is 0.163 e. The third kappa shape index (κ3) is 1.51. The minimum absolute atomic E-state index is 0.230. The van der Waals surface area contributed by atoms with Gasteiger partial charge in [0.2, 0.25) is 0 Å². The molecule has 1 aliphatic heterocycles. The molecule has 0 fully saturated rings. The lowest BCUT2D eigenvalue weighted by molar-refractivity contribution is 0.628. The molecule has 6 heteroatoms. The first kappa shape index (κ1) is 11.3. The lowest BCUT2D eigenvalue weighted by atomic mass is 10.2. The van der Waals surface area contributed by atoms with Gasteiger partial charge < -0.3 is 4.90 Å². The predicted octanol–water partition coefficient (Wildman–Crippen LogP) is 2.20. The van der Waals surface area contributed by atoms with Gasteiger partial charge in [-0.15, -0.1) is 0 Å². The summed E-state index contributed by atoms with van der Waals surface area (Å²) in [5, 5.41) is 5.10. The van der Waals surface area contributed by atoms with Gasteiger partial charge in [-0.3, -0.25) is 4.68 Å². The van der Waals surface area contributed by atoms with E-state index in [1.54, 1.807) is 16.9 Å². The van der Waals surface area contributed by atoms with E-state index in [4.69, 9.17) is 0 Å². The van der Waals surface area contributed by atoms with Crippen LogP contribution in [0.3, 0.4) is 0 Å². The van der Waals surface area contributed by atoms with Crippen molar-refractivity contribution in [2.24, 2.45) is 7.05 Å². The van der Waals surface area contributed by atoms with E-state index in [-0.39, 0.29) is 5.82 Å². The number of hydrogen-bond acceptors (Lipinski definition) is 4. The number of halogens is 1. The number of rotatable bonds is 1. The lowest BCUT2D eigenvalue weighted by Gasteiger charge is -2.18. The van der Waals surface area contributed by atoms with E-state index in [0.29, 0.717) is 0 Å². The first-order valence-electron chi connectivity index (χ1n) is 6.43. The minimum atomic E-state index is -0.230. The van der Waals surface area contributed by atoms with Crippen LogP contribution in [-0.4, -0.2) is 26.3 Å². The van der Waals surface area contributed by atoms with Crippen molar-refractivity contribution >= 4 is 22.5 Å². The summed E-state index contributed by atoms with van der Waals surface area (Å²) >= 11 is 0. The predicted molar refractivity (Wildman–Crippen MR) is 73.4 cm³/mol. The van der Waals surface area contributed by atoms with Crippen molar-refractivity contribution < 1.29 is 4.39 Å². The van der Waals surface area contributed by atoms with Crippen LogP contribution in [0, 0.1) is 5.82 Å². The topological polar surface area (TPSA) is 46.8 Å². The summed E-state index contributed by atoms with van der Waals surface area (Å²) < 4.78 is 15.2. The fraction of sp³-hybridized carbons (Fsp3) is 0.214. The molecule has 3 aromatic rings. The third-order valence-electron chi connectivity index (χ3n) is 3.71. The van der Waals surface area contributed by atoms with Gasteiger partial charge >= 0.3 is 0 Å². The summed E-state index contributed by atoms with van der Waals surface area (Å²) in [7, 11) is 1.84. The molecule has 3 heterocycles. The Morgan fingerprint density at radius 1 is 1.25 bits per heavy atom. The van der Waals surface area contributed by atoms with E-state index in [0.717, 1.165) is 41.1 Å². The highest BCUT2D eigenvalue weighted by Crippen LogP contribution is 2.36. The van der Waals surface area contributed by atoms with Crippen LogP contribution >= 0.6 is 0 Å². The molecule has 0 unspecified atom stereocenters. The molecule has 1 aromatic carbocycles. The van der Waals surface area contributed by atoms with Crippen LogP contribution in [-0.2, 0) is 13.5 Å². The first-order chi connectivity index (χ1) is 9.74. The van der Waals surface area contributed by atoms with E-state index in [9.17, 15) is 4.39 Å². The SMILES string of the molecule is Cn1ncc2c(N3CCc4ccc(F)cc43)ncnc21. The molecule has 4 rings (SSSR count). The van der Waals surface area contributed by atoms with Crippen molar-refractivity contribution in [2.75, 3.05) is 11.4 Å². The Labute approximate surface area is 114 Å². The van der Waals surface area contributed by atoms with Gasteiger partial charge in [0.05, 0.1) is 11.6 Å². The zero-order chi connectivity index (χ0) is 13.7. The van der Waals surface area contributed by atoms with Gasteiger partial charge in [-0.25, -0.2) is 14.4 Å². The maximum absolute atomic E-state index is 13.5. The van der Waals surface area contributed by atoms with Crippen LogP contribution in [0.2, 0.25) is 0 Å². The molecule has 0 atom stereocenters. The number of hydrogen-bond donors (Lipinski definition) is 0. The molecule has 100 valence electrons.